The molecule has 3 N–H and O–H groups in total. The van der Waals surface area contributed by atoms with E-state index in [9.17, 15) is 14.4 Å². The molecule has 0 heterocycles. The highest BCUT2D eigenvalue weighted by Gasteiger charge is 2.28. The Morgan fingerprint density at radius 2 is 1.38 bits per heavy atom. The van der Waals surface area contributed by atoms with Crippen molar-refractivity contribution >= 4 is 18.2 Å². The Bertz CT molecular complexity index is 578. The summed E-state index contributed by atoms with van der Waals surface area (Å²) in [4.78, 5) is 33.8. The summed E-state index contributed by atoms with van der Waals surface area (Å²) in [5, 5.41) is 14.5. The maximum absolute atomic E-state index is 11.8. The lowest BCUT2D eigenvalue weighted by Crippen LogP contribution is -2.39. The molecule has 0 atom stereocenters. The summed E-state index contributed by atoms with van der Waals surface area (Å²) in [6.07, 6.45) is 8.92. The van der Waals surface area contributed by atoms with Crippen LogP contribution in [-0.4, -0.2) is 49.1 Å². The third-order valence-corrected chi connectivity index (χ3v) is 6.13. The van der Waals surface area contributed by atoms with Crippen LogP contribution in [0, 0.1) is 11.8 Å². The number of carbonyl (C=O) groups excluding carboxylic acids is 2. The number of hydrogen-bond donors (Lipinski definition) is 3. The van der Waals surface area contributed by atoms with Gasteiger partial charge in [-0.2, -0.15) is 0 Å². The van der Waals surface area contributed by atoms with Crippen LogP contribution in [0.4, 0.5) is 9.59 Å². The van der Waals surface area contributed by atoms with Crippen molar-refractivity contribution in [2.75, 3.05) is 13.7 Å². The van der Waals surface area contributed by atoms with Crippen molar-refractivity contribution in [2.45, 2.75) is 76.3 Å². The summed E-state index contributed by atoms with van der Waals surface area (Å²) in [7, 11) is 1.39. The average molecular weight is 411 g/mol. The molecule has 2 rings (SSSR count). The number of carbonyl (C=O) groups is 3. The van der Waals surface area contributed by atoms with Crippen LogP contribution < -0.4 is 10.6 Å². The quantitative estimate of drug-likeness (QED) is 0.527. The van der Waals surface area contributed by atoms with E-state index < -0.39 is 12.1 Å². The molecule has 0 spiro atoms. The molecular formula is C21H34N2O6. The first-order valence-electron chi connectivity index (χ1n) is 10.6. The zero-order valence-electron chi connectivity index (χ0n) is 17.3. The number of hydrogen-bond acceptors (Lipinski definition) is 5. The summed E-state index contributed by atoms with van der Waals surface area (Å²) in [6, 6.07) is 0.360. The third kappa shape index (κ3) is 8.33. The number of alkyl carbamates (subject to hydrolysis) is 2. The molecule has 0 aromatic heterocycles. The number of carboxylic acids is 1. The van der Waals surface area contributed by atoms with E-state index in [2.05, 4.69) is 21.9 Å². The van der Waals surface area contributed by atoms with Crippen molar-refractivity contribution < 1.29 is 29.0 Å². The highest BCUT2D eigenvalue weighted by molar-refractivity contribution is 5.85. The van der Waals surface area contributed by atoms with Crippen LogP contribution >= 0.6 is 0 Å². The second-order valence-corrected chi connectivity index (χ2v) is 8.25. The van der Waals surface area contributed by atoms with E-state index in [1.807, 2.05) is 0 Å². The summed E-state index contributed by atoms with van der Waals surface area (Å²) in [5.74, 6) is 0.339. The van der Waals surface area contributed by atoms with Gasteiger partial charge in [-0.25, -0.2) is 14.4 Å². The second-order valence-electron chi connectivity index (χ2n) is 8.25. The van der Waals surface area contributed by atoms with Gasteiger partial charge in [0.15, 0.2) is 0 Å². The maximum atomic E-state index is 11.8. The Morgan fingerprint density at radius 3 is 1.83 bits per heavy atom. The lowest BCUT2D eigenvalue weighted by molar-refractivity contribution is -0.132. The van der Waals surface area contributed by atoms with Crippen LogP contribution in [0.1, 0.15) is 64.2 Å². The zero-order chi connectivity index (χ0) is 21.2. The van der Waals surface area contributed by atoms with Crippen LogP contribution in [0.2, 0.25) is 0 Å². The number of ether oxygens (including phenoxy) is 2. The fraction of sp³-hybridized carbons (Fsp3) is 0.762. The molecule has 0 bridgehead atoms. The number of amides is 2. The first-order valence-corrected chi connectivity index (χ1v) is 10.6. The summed E-state index contributed by atoms with van der Waals surface area (Å²) >= 11 is 0. The molecule has 164 valence electrons. The number of carboxylic acid groups (broad SMARTS) is 1. The van der Waals surface area contributed by atoms with E-state index in [0.717, 1.165) is 51.4 Å². The predicted molar refractivity (Wildman–Crippen MR) is 108 cm³/mol. The highest BCUT2D eigenvalue weighted by Crippen LogP contribution is 2.35. The van der Waals surface area contributed by atoms with Crippen LogP contribution in [0.25, 0.3) is 0 Å². The Labute approximate surface area is 172 Å². The average Bonchev–Trinajstić information content (AvgIpc) is 2.70. The zero-order valence-corrected chi connectivity index (χ0v) is 17.3. The molecule has 0 saturated heterocycles. The molecule has 2 aliphatic rings. The molecule has 0 aromatic carbocycles. The molecule has 8 heteroatoms. The van der Waals surface area contributed by atoms with Gasteiger partial charge in [-0.05, 0) is 69.6 Å². The molecule has 0 aromatic rings. The molecule has 0 radical (unpaired) electrons. The van der Waals surface area contributed by atoms with E-state index in [0.29, 0.717) is 11.8 Å². The smallest absolute Gasteiger partial charge is 0.407 e. The lowest BCUT2D eigenvalue weighted by Gasteiger charge is -2.34. The SMILES string of the molecule is C=C(CCOC(=O)NC1CCC(CC2CCC(NC(=O)OC)CC2)CC1)C(=O)O. The minimum Gasteiger partial charge on any atom is -0.478 e. The third-order valence-electron chi connectivity index (χ3n) is 6.13. The van der Waals surface area contributed by atoms with Crippen molar-refractivity contribution in [3.05, 3.63) is 12.2 Å². The van der Waals surface area contributed by atoms with Gasteiger partial charge in [-0.15, -0.1) is 0 Å². The molecular weight excluding hydrogens is 376 g/mol. The number of nitrogens with one attached hydrogen (secondary N) is 2. The largest absolute Gasteiger partial charge is 0.478 e. The van der Waals surface area contributed by atoms with Crippen LogP contribution in [0.3, 0.4) is 0 Å². The fourth-order valence-corrected chi connectivity index (χ4v) is 4.36. The standard InChI is InChI=1S/C21H34N2O6/c1-14(19(24)25)11-12-29-21(27)23-18-9-5-16(6-10-18)13-15-3-7-17(8-4-15)22-20(26)28-2/h15-18H,1,3-13H2,2H3,(H,22,26)(H,23,27)(H,24,25). The van der Waals surface area contributed by atoms with Gasteiger partial charge in [-0.3, -0.25) is 0 Å². The fourth-order valence-electron chi connectivity index (χ4n) is 4.36. The Morgan fingerprint density at radius 1 is 0.897 bits per heavy atom. The number of methoxy groups -OCH3 is 1. The highest BCUT2D eigenvalue weighted by atomic mass is 16.5. The van der Waals surface area contributed by atoms with Crippen molar-refractivity contribution in [1.29, 1.82) is 0 Å². The predicted octanol–water partition coefficient (Wildman–Crippen LogP) is 3.61. The minimum atomic E-state index is -1.07. The van der Waals surface area contributed by atoms with E-state index in [-0.39, 0.29) is 36.8 Å². The van der Waals surface area contributed by atoms with Gasteiger partial charge in [0.2, 0.25) is 0 Å². The molecule has 8 nitrogen and oxygen atoms in total. The van der Waals surface area contributed by atoms with Gasteiger partial charge in [-0.1, -0.05) is 6.58 Å². The van der Waals surface area contributed by atoms with Gasteiger partial charge >= 0.3 is 18.2 Å². The van der Waals surface area contributed by atoms with E-state index in [1.165, 1.54) is 13.5 Å². The molecule has 2 aliphatic carbocycles. The van der Waals surface area contributed by atoms with Crippen molar-refractivity contribution in [2.24, 2.45) is 11.8 Å². The molecule has 0 unspecified atom stereocenters. The van der Waals surface area contributed by atoms with Gasteiger partial charge in [0, 0.05) is 24.1 Å². The second kappa shape index (κ2) is 11.7. The normalized spacial score (nSPS) is 26.8. The first kappa shape index (κ1) is 23.0. The summed E-state index contributed by atoms with van der Waals surface area (Å²) in [5.41, 5.74) is 0.0356. The van der Waals surface area contributed by atoms with Crippen LogP contribution in [0.5, 0.6) is 0 Å². The van der Waals surface area contributed by atoms with Gasteiger partial charge in [0.1, 0.15) is 0 Å². The number of aliphatic carboxylic acids is 1. The van der Waals surface area contributed by atoms with Crippen molar-refractivity contribution in [3.8, 4) is 0 Å². The van der Waals surface area contributed by atoms with Crippen LogP contribution in [-0.2, 0) is 14.3 Å². The maximum Gasteiger partial charge on any atom is 0.407 e. The molecule has 29 heavy (non-hydrogen) atoms. The molecule has 0 aliphatic heterocycles. The first-order chi connectivity index (χ1) is 13.9. The molecule has 2 fully saturated rings. The summed E-state index contributed by atoms with van der Waals surface area (Å²) in [6.45, 7) is 3.44. The van der Waals surface area contributed by atoms with Gasteiger partial charge < -0.3 is 25.2 Å². The Kier molecular flexibility index (Phi) is 9.28. The monoisotopic (exact) mass is 410 g/mol. The topological polar surface area (TPSA) is 114 Å². The Balaban J connectivity index is 1.57. The van der Waals surface area contributed by atoms with Crippen LogP contribution in [0.15, 0.2) is 12.2 Å². The lowest BCUT2D eigenvalue weighted by atomic mass is 9.76. The van der Waals surface area contributed by atoms with E-state index in [4.69, 9.17) is 9.84 Å². The Hall–Kier alpha value is -2.25. The van der Waals surface area contributed by atoms with Crippen molar-refractivity contribution in [3.63, 3.8) is 0 Å². The number of rotatable bonds is 8. The van der Waals surface area contributed by atoms with Crippen molar-refractivity contribution in [1.82, 2.24) is 10.6 Å². The molecule has 2 amide bonds. The van der Waals surface area contributed by atoms with Gasteiger partial charge in [0.25, 0.3) is 0 Å². The van der Waals surface area contributed by atoms with E-state index >= 15 is 0 Å². The van der Waals surface area contributed by atoms with E-state index in [1.54, 1.807) is 0 Å². The van der Waals surface area contributed by atoms with Gasteiger partial charge in [0.05, 0.1) is 13.7 Å². The minimum absolute atomic E-state index is 0.0276. The molecule has 2 saturated carbocycles. The summed E-state index contributed by atoms with van der Waals surface area (Å²) < 4.78 is 9.71.